The van der Waals surface area contributed by atoms with Gasteiger partial charge in [-0.3, -0.25) is 4.40 Å². The van der Waals surface area contributed by atoms with E-state index in [-0.39, 0.29) is 13.1 Å². The van der Waals surface area contributed by atoms with Crippen molar-refractivity contribution in [3.63, 3.8) is 0 Å². The van der Waals surface area contributed by atoms with Crippen LogP contribution in [0.5, 0.6) is 0 Å². The van der Waals surface area contributed by atoms with E-state index in [0.29, 0.717) is 5.92 Å². The van der Waals surface area contributed by atoms with Gasteiger partial charge in [0.2, 0.25) is 5.95 Å². The van der Waals surface area contributed by atoms with Crippen LogP contribution < -0.4 is 9.80 Å². The van der Waals surface area contributed by atoms with Crippen molar-refractivity contribution < 1.29 is 8.78 Å². The van der Waals surface area contributed by atoms with Gasteiger partial charge in [0.05, 0.1) is 36.4 Å². The summed E-state index contributed by atoms with van der Waals surface area (Å²) < 4.78 is 28.4. The van der Waals surface area contributed by atoms with Crippen molar-refractivity contribution in [3.8, 4) is 11.4 Å². The summed E-state index contributed by atoms with van der Waals surface area (Å²) >= 11 is 0. The van der Waals surface area contributed by atoms with Gasteiger partial charge in [-0.15, -0.1) is 0 Å². The van der Waals surface area contributed by atoms with Crippen molar-refractivity contribution in [2.45, 2.75) is 25.7 Å². The highest BCUT2D eigenvalue weighted by molar-refractivity contribution is 5.64. The number of aromatic nitrogens is 4. The molecule has 8 heteroatoms. The number of pyridine rings is 1. The fraction of sp³-hybridized carbons (Fsp3) is 0.450. The van der Waals surface area contributed by atoms with Gasteiger partial charge >= 0.3 is 0 Å². The van der Waals surface area contributed by atoms with Crippen LogP contribution in [0.25, 0.3) is 17.0 Å². The third-order valence-corrected chi connectivity index (χ3v) is 5.54. The summed E-state index contributed by atoms with van der Waals surface area (Å²) in [7, 11) is 0. The Kier molecular flexibility index (Phi) is 3.96. The molecule has 2 aliphatic heterocycles. The molecule has 5 heterocycles. The quantitative estimate of drug-likeness (QED) is 0.692. The molecule has 2 saturated heterocycles. The molecule has 6 nitrogen and oxygen atoms in total. The highest BCUT2D eigenvalue weighted by atomic mass is 19.3. The second-order valence-corrected chi connectivity index (χ2v) is 7.91. The molecule has 0 aliphatic carbocycles. The Morgan fingerprint density at radius 3 is 2.75 bits per heavy atom. The summed E-state index contributed by atoms with van der Waals surface area (Å²) in [5, 5.41) is 0. The average Bonchev–Trinajstić information content (AvgIpc) is 3.09. The van der Waals surface area contributed by atoms with E-state index in [4.69, 9.17) is 4.98 Å². The fourth-order valence-electron chi connectivity index (χ4n) is 4.06. The molecular formula is C20H22F2N6. The molecule has 0 radical (unpaired) electrons. The Labute approximate surface area is 161 Å². The van der Waals surface area contributed by atoms with Gasteiger partial charge in [0.15, 0.2) is 0 Å². The second-order valence-electron chi connectivity index (χ2n) is 7.91. The van der Waals surface area contributed by atoms with E-state index < -0.39 is 5.92 Å². The molecule has 3 aromatic rings. The lowest BCUT2D eigenvalue weighted by molar-refractivity contribution is -0.0262. The van der Waals surface area contributed by atoms with Crippen molar-refractivity contribution in [2.75, 3.05) is 36.0 Å². The third kappa shape index (κ3) is 3.06. The van der Waals surface area contributed by atoms with Crippen LogP contribution in [0, 0.1) is 5.92 Å². The van der Waals surface area contributed by atoms with Crippen LogP contribution in [0.1, 0.15) is 19.8 Å². The molecule has 3 aromatic heterocycles. The fourth-order valence-corrected chi connectivity index (χ4v) is 4.06. The number of hydrogen-bond donors (Lipinski definition) is 0. The lowest BCUT2D eigenvalue weighted by Gasteiger charge is -2.40. The summed E-state index contributed by atoms with van der Waals surface area (Å²) in [5.74, 6) is -1.23. The second kappa shape index (κ2) is 6.39. The zero-order valence-corrected chi connectivity index (χ0v) is 15.7. The van der Waals surface area contributed by atoms with E-state index in [2.05, 4.69) is 21.8 Å². The van der Waals surface area contributed by atoms with E-state index >= 15 is 0 Å². The molecule has 0 N–H and O–H groups in total. The summed E-state index contributed by atoms with van der Waals surface area (Å²) in [6.45, 7) is 3.69. The first-order valence-electron chi connectivity index (χ1n) is 9.67. The van der Waals surface area contributed by atoms with Crippen molar-refractivity contribution in [1.29, 1.82) is 0 Å². The van der Waals surface area contributed by atoms with Gasteiger partial charge < -0.3 is 9.80 Å². The maximum atomic E-state index is 13.2. The van der Waals surface area contributed by atoms with E-state index in [1.165, 1.54) is 6.42 Å². The third-order valence-electron chi connectivity index (χ3n) is 5.54. The van der Waals surface area contributed by atoms with Crippen LogP contribution in [0.15, 0.2) is 36.8 Å². The van der Waals surface area contributed by atoms with Gasteiger partial charge in [0.25, 0.3) is 5.92 Å². The van der Waals surface area contributed by atoms with Gasteiger partial charge in [-0.1, -0.05) is 6.92 Å². The predicted molar refractivity (Wildman–Crippen MR) is 104 cm³/mol. The van der Waals surface area contributed by atoms with Crippen molar-refractivity contribution in [3.05, 3.63) is 36.8 Å². The summed E-state index contributed by atoms with van der Waals surface area (Å²) in [4.78, 5) is 17.6. The molecule has 0 aromatic carbocycles. The minimum Gasteiger partial charge on any atom is -0.358 e. The number of piperidine rings is 1. The standard InChI is InChI=1S/C20H22F2N6/c1-14-3-2-8-26(10-14)19-23-7-6-16(25-19)17-9-24-18-5-4-15(11-28(17)18)27-12-20(21,22)13-27/h4-7,9,11,14H,2-3,8,10,12-13H2,1H3. The lowest BCUT2D eigenvalue weighted by Crippen LogP contribution is -2.56. The number of alkyl halides is 2. The van der Waals surface area contributed by atoms with Crippen LogP contribution in [-0.4, -0.2) is 51.5 Å². The van der Waals surface area contributed by atoms with Crippen LogP contribution in [-0.2, 0) is 0 Å². The van der Waals surface area contributed by atoms with Crippen molar-refractivity contribution in [2.24, 2.45) is 5.92 Å². The summed E-state index contributed by atoms with van der Waals surface area (Å²) in [6.07, 6.45) is 7.79. The topological polar surface area (TPSA) is 49.6 Å². The molecule has 1 atom stereocenters. The molecule has 0 amide bonds. The number of halogens is 2. The van der Waals surface area contributed by atoms with Gasteiger partial charge in [0, 0.05) is 25.5 Å². The molecule has 0 saturated carbocycles. The highest BCUT2D eigenvalue weighted by Gasteiger charge is 2.44. The van der Waals surface area contributed by atoms with E-state index in [1.807, 2.05) is 28.8 Å². The highest BCUT2D eigenvalue weighted by Crippen LogP contribution is 2.32. The Morgan fingerprint density at radius 1 is 1.11 bits per heavy atom. The van der Waals surface area contributed by atoms with Crippen LogP contribution in [0.3, 0.4) is 0 Å². The molecular weight excluding hydrogens is 362 g/mol. The largest absolute Gasteiger partial charge is 0.358 e. The number of fused-ring (bicyclic) bond motifs is 1. The maximum Gasteiger partial charge on any atom is 0.282 e. The molecule has 0 bridgehead atoms. The van der Waals surface area contributed by atoms with E-state index in [9.17, 15) is 8.78 Å². The minimum absolute atomic E-state index is 0.243. The zero-order valence-electron chi connectivity index (χ0n) is 15.7. The monoisotopic (exact) mass is 384 g/mol. The number of imidazole rings is 1. The molecule has 2 fully saturated rings. The van der Waals surface area contributed by atoms with Gasteiger partial charge in [-0.05, 0) is 37.0 Å². The average molecular weight is 384 g/mol. The normalized spacial score (nSPS) is 21.8. The van der Waals surface area contributed by atoms with Gasteiger partial charge in [-0.2, -0.15) is 0 Å². The van der Waals surface area contributed by atoms with E-state index in [1.54, 1.807) is 17.3 Å². The summed E-state index contributed by atoms with van der Waals surface area (Å²) in [5.41, 5.74) is 3.13. The zero-order chi connectivity index (χ0) is 19.3. The maximum absolute atomic E-state index is 13.2. The molecule has 28 heavy (non-hydrogen) atoms. The molecule has 5 rings (SSSR count). The first-order chi connectivity index (χ1) is 13.5. The Morgan fingerprint density at radius 2 is 1.96 bits per heavy atom. The first-order valence-corrected chi connectivity index (χ1v) is 9.67. The van der Waals surface area contributed by atoms with Crippen molar-refractivity contribution >= 4 is 17.3 Å². The number of nitrogens with zero attached hydrogens (tertiary/aromatic N) is 6. The van der Waals surface area contributed by atoms with Crippen LogP contribution >= 0.6 is 0 Å². The van der Waals surface area contributed by atoms with Gasteiger partial charge in [-0.25, -0.2) is 23.7 Å². The predicted octanol–water partition coefficient (Wildman–Crippen LogP) is 3.48. The number of rotatable bonds is 3. The van der Waals surface area contributed by atoms with E-state index in [0.717, 1.165) is 48.2 Å². The Bertz CT molecular complexity index is 1010. The summed E-state index contributed by atoms with van der Waals surface area (Å²) in [6, 6.07) is 5.55. The minimum atomic E-state index is -2.60. The SMILES string of the molecule is CC1CCCN(c2nccc(-c3cnc4ccc(N5CC(F)(F)C5)cn34)n2)C1. The Hall–Kier alpha value is -2.77. The first kappa shape index (κ1) is 17.3. The smallest absolute Gasteiger partial charge is 0.282 e. The number of anilines is 2. The van der Waals surface area contributed by atoms with Crippen LogP contribution in [0.4, 0.5) is 20.4 Å². The molecule has 2 aliphatic rings. The molecule has 1 unspecified atom stereocenters. The Balaban J connectivity index is 1.48. The number of hydrogen-bond acceptors (Lipinski definition) is 5. The van der Waals surface area contributed by atoms with Gasteiger partial charge in [0.1, 0.15) is 5.65 Å². The molecule has 0 spiro atoms. The van der Waals surface area contributed by atoms with Crippen molar-refractivity contribution in [1.82, 2.24) is 19.4 Å². The lowest BCUT2D eigenvalue weighted by atomic mass is 10.0. The molecule has 146 valence electrons. The van der Waals surface area contributed by atoms with Crippen LogP contribution in [0.2, 0.25) is 0 Å².